The van der Waals surface area contributed by atoms with Crippen molar-refractivity contribution < 1.29 is 9.90 Å². The van der Waals surface area contributed by atoms with Crippen LogP contribution in [-0.4, -0.2) is 10.5 Å². The number of carboxylic acid groups (broad SMARTS) is 1. The van der Waals surface area contributed by atoms with Crippen LogP contribution < -0.4 is 0 Å². The molecule has 0 aliphatic heterocycles. The van der Waals surface area contributed by atoms with E-state index in [2.05, 4.69) is 71.7 Å². The molecule has 1 unspecified atom stereocenters. The van der Waals surface area contributed by atoms with Crippen molar-refractivity contribution in [2.45, 2.75) is 20.3 Å². The first-order chi connectivity index (χ1) is 8.33. The van der Waals surface area contributed by atoms with Gasteiger partial charge in [-0.1, -0.05) is 66.2 Å². The van der Waals surface area contributed by atoms with Crippen LogP contribution in [0.4, 0.5) is 4.79 Å². The predicted octanol–water partition coefficient (Wildman–Crippen LogP) is 5.37. The predicted molar refractivity (Wildman–Crippen MR) is 79.1 cm³/mol. The van der Waals surface area contributed by atoms with E-state index in [0.717, 1.165) is 5.92 Å². The summed E-state index contributed by atoms with van der Waals surface area (Å²) in [6.07, 6.45) is 3.66. The molecule has 18 heavy (non-hydrogen) atoms. The van der Waals surface area contributed by atoms with Crippen molar-refractivity contribution in [3.63, 3.8) is 0 Å². The Balaban J connectivity index is 0.000000357. The first-order valence-electron chi connectivity index (χ1n) is 5.64. The molecule has 1 N–H and O–H groups in total. The normalized spacial score (nSPS) is 20.7. The molecule has 0 saturated heterocycles. The maximum atomic E-state index is 8.77. The molecule has 1 aromatic rings. The summed E-state index contributed by atoms with van der Waals surface area (Å²) >= 11 is 7.83. The number of benzene rings is 1. The molecule has 98 valence electrons. The SMILES string of the molecule is CC1(C)CC1C=C(Br)c1ccccc1.O=C(O)Cl. The zero-order chi connectivity index (χ0) is 13.8. The van der Waals surface area contributed by atoms with Gasteiger partial charge in [0.1, 0.15) is 0 Å². The lowest BCUT2D eigenvalue weighted by Gasteiger charge is -2.01. The van der Waals surface area contributed by atoms with Gasteiger partial charge in [0.25, 0.3) is 0 Å². The molecule has 0 spiro atoms. The first-order valence-corrected chi connectivity index (χ1v) is 6.81. The molecule has 0 aromatic heterocycles. The zero-order valence-corrected chi connectivity index (χ0v) is 12.7. The molecule has 1 atom stereocenters. The van der Waals surface area contributed by atoms with Crippen LogP contribution >= 0.6 is 27.5 Å². The lowest BCUT2D eigenvalue weighted by Crippen LogP contribution is -1.86. The lowest BCUT2D eigenvalue weighted by molar-refractivity contribution is 0.220. The highest BCUT2D eigenvalue weighted by atomic mass is 79.9. The second-order valence-corrected chi connectivity index (χ2v) is 6.11. The molecular formula is C14H16BrClO2. The van der Waals surface area contributed by atoms with Crippen LogP contribution in [0.25, 0.3) is 4.48 Å². The molecule has 1 aliphatic carbocycles. The molecule has 2 nitrogen and oxygen atoms in total. The van der Waals surface area contributed by atoms with Crippen LogP contribution in [0.5, 0.6) is 0 Å². The number of carbonyl (C=O) groups is 1. The molecule has 1 fully saturated rings. The topological polar surface area (TPSA) is 37.3 Å². The number of allylic oxidation sites excluding steroid dienone is 1. The molecule has 0 amide bonds. The molecule has 0 bridgehead atoms. The van der Waals surface area contributed by atoms with Crippen molar-refractivity contribution in [3.05, 3.63) is 42.0 Å². The number of hydrogen-bond donors (Lipinski definition) is 1. The third-order valence-electron chi connectivity index (χ3n) is 2.99. The average molecular weight is 332 g/mol. The Bertz CT molecular complexity index is 436. The summed E-state index contributed by atoms with van der Waals surface area (Å²) in [6.45, 7) is 4.64. The van der Waals surface area contributed by atoms with E-state index < -0.39 is 5.43 Å². The highest BCUT2D eigenvalue weighted by Crippen LogP contribution is 2.53. The third-order valence-corrected chi connectivity index (χ3v) is 3.71. The number of rotatable bonds is 2. The van der Waals surface area contributed by atoms with Gasteiger partial charge in [0.2, 0.25) is 0 Å². The minimum Gasteiger partial charge on any atom is -0.469 e. The molecule has 1 saturated carbocycles. The van der Waals surface area contributed by atoms with Gasteiger partial charge in [-0.05, 0) is 23.3 Å². The minimum atomic E-state index is -1.36. The fraction of sp³-hybridized carbons (Fsp3) is 0.357. The van der Waals surface area contributed by atoms with Crippen LogP contribution in [0.1, 0.15) is 25.8 Å². The molecule has 2 rings (SSSR count). The monoisotopic (exact) mass is 330 g/mol. The van der Waals surface area contributed by atoms with E-state index in [-0.39, 0.29) is 0 Å². The van der Waals surface area contributed by atoms with Gasteiger partial charge in [0.05, 0.1) is 0 Å². The molecular weight excluding hydrogens is 316 g/mol. The Morgan fingerprint density at radius 2 is 1.89 bits per heavy atom. The fourth-order valence-corrected chi connectivity index (χ4v) is 2.25. The highest BCUT2D eigenvalue weighted by Gasteiger charge is 2.43. The molecule has 1 aliphatic rings. The Labute approximate surface area is 121 Å². The van der Waals surface area contributed by atoms with E-state index >= 15 is 0 Å². The summed E-state index contributed by atoms with van der Waals surface area (Å²) in [6, 6.07) is 10.5. The van der Waals surface area contributed by atoms with E-state index in [1.807, 2.05) is 6.07 Å². The van der Waals surface area contributed by atoms with Gasteiger partial charge in [-0.25, -0.2) is 4.79 Å². The Morgan fingerprint density at radius 3 is 2.28 bits per heavy atom. The Kier molecular flexibility index (Phi) is 5.42. The van der Waals surface area contributed by atoms with Gasteiger partial charge in [-0.15, -0.1) is 0 Å². The summed E-state index contributed by atoms with van der Waals surface area (Å²) in [5.41, 5.74) is 0.434. The lowest BCUT2D eigenvalue weighted by atomic mass is 10.1. The summed E-state index contributed by atoms with van der Waals surface area (Å²) < 4.78 is 1.23. The second-order valence-electron chi connectivity index (χ2n) is 4.93. The first kappa shape index (κ1) is 15.3. The van der Waals surface area contributed by atoms with E-state index in [9.17, 15) is 0 Å². The van der Waals surface area contributed by atoms with Crippen molar-refractivity contribution in [3.8, 4) is 0 Å². The molecule has 1 aromatic carbocycles. The van der Waals surface area contributed by atoms with Crippen molar-refractivity contribution in [2.75, 3.05) is 0 Å². The maximum Gasteiger partial charge on any atom is 0.401 e. The van der Waals surface area contributed by atoms with Crippen molar-refractivity contribution >= 4 is 37.4 Å². The second kappa shape index (κ2) is 6.39. The van der Waals surface area contributed by atoms with Crippen molar-refractivity contribution in [2.24, 2.45) is 11.3 Å². The standard InChI is InChI=1S/C13H15Br.CHClO2/c1-13(2)9-11(13)8-12(14)10-6-4-3-5-7-10;2-1(3)4/h3-8,11H,9H2,1-2H3;(H,3,4). The highest BCUT2D eigenvalue weighted by molar-refractivity contribution is 9.15. The summed E-state index contributed by atoms with van der Waals surface area (Å²) in [4.78, 5) is 8.77. The van der Waals surface area contributed by atoms with Crippen molar-refractivity contribution in [1.29, 1.82) is 0 Å². The van der Waals surface area contributed by atoms with Crippen molar-refractivity contribution in [1.82, 2.24) is 0 Å². The quantitative estimate of drug-likeness (QED) is 0.739. The van der Waals surface area contributed by atoms with Gasteiger partial charge in [-0.2, -0.15) is 0 Å². The summed E-state index contributed by atoms with van der Waals surface area (Å²) in [5, 5.41) is 7.18. The van der Waals surface area contributed by atoms with E-state index in [1.165, 1.54) is 16.5 Å². The van der Waals surface area contributed by atoms with Gasteiger partial charge in [0, 0.05) is 16.1 Å². The fourth-order valence-electron chi connectivity index (χ4n) is 1.66. The van der Waals surface area contributed by atoms with Crippen LogP contribution in [0.3, 0.4) is 0 Å². The zero-order valence-electron chi connectivity index (χ0n) is 10.4. The van der Waals surface area contributed by atoms with Crippen LogP contribution in [0.15, 0.2) is 36.4 Å². The smallest absolute Gasteiger partial charge is 0.401 e. The molecule has 4 heteroatoms. The largest absolute Gasteiger partial charge is 0.469 e. The van der Waals surface area contributed by atoms with Gasteiger partial charge < -0.3 is 5.11 Å². The maximum absolute atomic E-state index is 8.77. The molecule has 0 heterocycles. The van der Waals surface area contributed by atoms with E-state index in [4.69, 9.17) is 9.90 Å². The number of hydrogen-bond acceptors (Lipinski definition) is 1. The van der Waals surface area contributed by atoms with Crippen LogP contribution in [0, 0.1) is 11.3 Å². The van der Waals surface area contributed by atoms with E-state index in [0.29, 0.717) is 5.41 Å². The van der Waals surface area contributed by atoms with Gasteiger partial charge >= 0.3 is 5.43 Å². The molecule has 0 radical (unpaired) electrons. The Morgan fingerprint density at radius 1 is 1.44 bits per heavy atom. The average Bonchev–Trinajstić information content (AvgIpc) is 2.86. The van der Waals surface area contributed by atoms with Gasteiger partial charge in [-0.3, -0.25) is 0 Å². The number of halogens is 2. The minimum absolute atomic E-state index is 0.522. The van der Waals surface area contributed by atoms with E-state index in [1.54, 1.807) is 0 Å². The summed E-state index contributed by atoms with van der Waals surface area (Å²) in [7, 11) is 0. The Hall–Kier alpha value is -0.800. The van der Waals surface area contributed by atoms with Crippen LogP contribution in [-0.2, 0) is 0 Å². The van der Waals surface area contributed by atoms with Crippen LogP contribution in [0.2, 0.25) is 0 Å². The summed E-state index contributed by atoms with van der Waals surface area (Å²) in [5.74, 6) is 0.747. The van der Waals surface area contributed by atoms with Gasteiger partial charge in [0.15, 0.2) is 0 Å². The third kappa shape index (κ3) is 5.23.